The van der Waals surface area contributed by atoms with Gasteiger partial charge in [0.25, 0.3) is 0 Å². The zero-order valence-electron chi connectivity index (χ0n) is 46.8. The summed E-state index contributed by atoms with van der Waals surface area (Å²) in [4.78, 5) is 13.3. The molecule has 0 aromatic rings. The SMILES string of the molecule is CCCCCCC/C=C\C/C=C\CCCCCCCCCCCCCCCCCC(=O)NC(COC1OC(CO)C(OC2OC(CO)C(O)C(O)C2O)C(O)C1O)C(O)CCCCCCCCCCCCCCC. The highest BCUT2D eigenvalue weighted by molar-refractivity contribution is 5.76. The van der Waals surface area contributed by atoms with Crippen LogP contribution in [0.5, 0.6) is 0 Å². The monoisotopic (exact) mass is 1060 g/mol. The average molecular weight is 1060 g/mol. The summed E-state index contributed by atoms with van der Waals surface area (Å²) in [5.74, 6) is -0.205. The lowest BCUT2D eigenvalue weighted by molar-refractivity contribution is -0.359. The average Bonchev–Trinajstić information content (AvgIpc) is 3.40. The van der Waals surface area contributed by atoms with E-state index in [0.717, 1.165) is 57.8 Å². The minimum absolute atomic E-state index is 0.205. The van der Waals surface area contributed by atoms with Crippen molar-refractivity contribution in [1.29, 1.82) is 0 Å². The Balaban J connectivity index is 1.68. The summed E-state index contributed by atoms with van der Waals surface area (Å²) in [7, 11) is 0. The van der Waals surface area contributed by atoms with E-state index in [4.69, 9.17) is 18.9 Å². The van der Waals surface area contributed by atoms with Crippen LogP contribution in [0.1, 0.15) is 258 Å². The third-order valence-corrected chi connectivity index (χ3v) is 15.2. The molecular weight excluding hydrogens is 943 g/mol. The molecule has 0 bridgehead atoms. The molecule has 14 heteroatoms. The predicted octanol–water partition coefficient (Wildman–Crippen LogP) is 10.4. The van der Waals surface area contributed by atoms with E-state index in [-0.39, 0.29) is 12.5 Å². The maximum atomic E-state index is 13.3. The first kappa shape index (κ1) is 68.6. The minimum Gasteiger partial charge on any atom is -0.394 e. The number of rotatable bonds is 49. The van der Waals surface area contributed by atoms with Crippen molar-refractivity contribution in [2.45, 2.75) is 331 Å². The largest absolute Gasteiger partial charge is 0.394 e. The summed E-state index contributed by atoms with van der Waals surface area (Å²) in [6.45, 7) is 2.86. The Bertz CT molecular complexity index is 1340. The molecule has 2 rings (SSSR count). The number of ether oxygens (including phenoxy) is 4. The van der Waals surface area contributed by atoms with Gasteiger partial charge in [0.1, 0.15) is 48.8 Å². The van der Waals surface area contributed by atoms with Crippen molar-refractivity contribution in [3.63, 3.8) is 0 Å². The van der Waals surface area contributed by atoms with Crippen LogP contribution < -0.4 is 5.32 Å². The third kappa shape index (κ3) is 31.8. The van der Waals surface area contributed by atoms with E-state index in [9.17, 15) is 45.6 Å². The molecule has 2 fully saturated rings. The van der Waals surface area contributed by atoms with Crippen LogP contribution in [0.25, 0.3) is 0 Å². The fourth-order valence-corrected chi connectivity index (χ4v) is 10.2. The second-order valence-corrected chi connectivity index (χ2v) is 21.8. The Labute approximate surface area is 449 Å². The molecule has 14 nitrogen and oxygen atoms in total. The number of hydrogen-bond acceptors (Lipinski definition) is 13. The van der Waals surface area contributed by atoms with Crippen LogP contribution in [0.2, 0.25) is 0 Å². The summed E-state index contributed by atoms with van der Waals surface area (Å²) in [5.41, 5.74) is 0. The lowest BCUT2D eigenvalue weighted by Gasteiger charge is -2.46. The number of aliphatic hydroxyl groups is 8. The minimum atomic E-state index is -1.78. The summed E-state index contributed by atoms with van der Waals surface area (Å²) in [5, 5.41) is 87.2. The molecule has 1 amide bonds. The first-order valence-electron chi connectivity index (χ1n) is 30.6. The van der Waals surface area contributed by atoms with Crippen molar-refractivity contribution >= 4 is 5.91 Å². The first-order valence-corrected chi connectivity index (χ1v) is 30.6. The number of aliphatic hydroxyl groups excluding tert-OH is 8. The molecule has 74 heavy (non-hydrogen) atoms. The zero-order chi connectivity index (χ0) is 53.9. The van der Waals surface area contributed by atoms with Gasteiger partial charge < -0.3 is 65.1 Å². The number of nitrogens with one attached hydrogen (secondary N) is 1. The summed E-state index contributed by atoms with van der Waals surface area (Å²) in [6, 6.07) is -0.826. The molecule has 9 N–H and O–H groups in total. The van der Waals surface area contributed by atoms with Gasteiger partial charge in [-0.1, -0.05) is 231 Å². The van der Waals surface area contributed by atoms with Gasteiger partial charge in [0.05, 0.1) is 32.0 Å². The maximum absolute atomic E-state index is 13.3. The highest BCUT2D eigenvalue weighted by atomic mass is 16.7. The van der Waals surface area contributed by atoms with Crippen LogP contribution in [0.15, 0.2) is 24.3 Å². The number of carbonyl (C=O) groups excluding carboxylic acids is 1. The smallest absolute Gasteiger partial charge is 0.220 e. The predicted molar refractivity (Wildman–Crippen MR) is 295 cm³/mol. The maximum Gasteiger partial charge on any atom is 0.220 e. The van der Waals surface area contributed by atoms with E-state index < -0.39 is 86.8 Å². The Morgan fingerprint density at radius 2 is 0.892 bits per heavy atom. The quantitative estimate of drug-likeness (QED) is 0.0204. The Morgan fingerprint density at radius 1 is 0.486 bits per heavy atom. The summed E-state index contributed by atoms with van der Waals surface area (Å²) < 4.78 is 22.8. The van der Waals surface area contributed by atoms with E-state index in [1.807, 2.05) is 0 Å². The van der Waals surface area contributed by atoms with Crippen LogP contribution >= 0.6 is 0 Å². The molecule has 0 aromatic carbocycles. The summed E-state index contributed by atoms with van der Waals surface area (Å²) >= 11 is 0. The van der Waals surface area contributed by atoms with Crippen LogP contribution in [0, 0.1) is 0 Å². The molecule has 0 saturated carbocycles. The molecular formula is C60H113NO13. The van der Waals surface area contributed by atoms with Gasteiger partial charge in [0.2, 0.25) is 5.91 Å². The fourth-order valence-electron chi connectivity index (χ4n) is 10.2. The second kappa shape index (κ2) is 46.4. The molecule has 2 aliphatic rings. The van der Waals surface area contributed by atoms with Crippen LogP contribution in [-0.2, 0) is 23.7 Å². The van der Waals surface area contributed by atoms with Gasteiger partial charge in [0.15, 0.2) is 12.6 Å². The molecule has 0 aliphatic carbocycles. The van der Waals surface area contributed by atoms with Crippen molar-refractivity contribution in [1.82, 2.24) is 5.32 Å². The van der Waals surface area contributed by atoms with E-state index in [2.05, 4.69) is 43.5 Å². The second-order valence-electron chi connectivity index (χ2n) is 21.8. The number of hydrogen-bond donors (Lipinski definition) is 9. The molecule has 0 aromatic heterocycles. The van der Waals surface area contributed by atoms with Gasteiger partial charge in [-0.05, 0) is 44.9 Å². The molecule has 2 saturated heterocycles. The Morgan fingerprint density at radius 3 is 1.35 bits per heavy atom. The number of carbonyl (C=O) groups is 1. The van der Waals surface area contributed by atoms with Crippen molar-refractivity contribution in [2.75, 3.05) is 19.8 Å². The van der Waals surface area contributed by atoms with Gasteiger partial charge in [-0.15, -0.1) is 0 Å². The highest BCUT2D eigenvalue weighted by Crippen LogP contribution is 2.30. The van der Waals surface area contributed by atoms with Crippen molar-refractivity contribution in [3.05, 3.63) is 24.3 Å². The van der Waals surface area contributed by atoms with E-state index in [1.165, 1.54) is 173 Å². The summed E-state index contributed by atoms with van der Waals surface area (Å²) in [6.07, 6.45) is 37.6. The van der Waals surface area contributed by atoms with Crippen molar-refractivity contribution in [3.8, 4) is 0 Å². The van der Waals surface area contributed by atoms with Gasteiger partial charge in [-0.3, -0.25) is 4.79 Å². The van der Waals surface area contributed by atoms with E-state index >= 15 is 0 Å². The molecule has 12 atom stereocenters. The lowest BCUT2D eigenvalue weighted by atomic mass is 9.97. The van der Waals surface area contributed by atoms with E-state index in [1.54, 1.807) is 0 Å². The molecule has 2 heterocycles. The Hall–Kier alpha value is -1.53. The van der Waals surface area contributed by atoms with Crippen LogP contribution in [0.4, 0.5) is 0 Å². The van der Waals surface area contributed by atoms with Crippen LogP contribution in [-0.4, -0.2) is 140 Å². The molecule has 0 radical (unpaired) electrons. The molecule has 2 aliphatic heterocycles. The van der Waals surface area contributed by atoms with E-state index in [0.29, 0.717) is 12.8 Å². The Kier molecular flexibility index (Phi) is 43.0. The molecule has 436 valence electrons. The van der Waals surface area contributed by atoms with Crippen molar-refractivity contribution < 1.29 is 64.6 Å². The van der Waals surface area contributed by atoms with Gasteiger partial charge in [0, 0.05) is 6.42 Å². The molecule has 0 spiro atoms. The third-order valence-electron chi connectivity index (χ3n) is 15.2. The van der Waals surface area contributed by atoms with Gasteiger partial charge in [-0.2, -0.15) is 0 Å². The first-order chi connectivity index (χ1) is 36.1. The van der Waals surface area contributed by atoms with Crippen molar-refractivity contribution in [2.24, 2.45) is 0 Å². The number of unbranched alkanes of at least 4 members (excludes halogenated alkanes) is 32. The zero-order valence-corrected chi connectivity index (χ0v) is 46.8. The highest BCUT2D eigenvalue weighted by Gasteiger charge is 2.51. The van der Waals surface area contributed by atoms with Crippen LogP contribution in [0.3, 0.4) is 0 Å². The van der Waals surface area contributed by atoms with Gasteiger partial charge >= 0.3 is 0 Å². The standard InChI is InChI=1S/C60H113NO13/c1-3-5-7-9-11-13-15-17-18-19-20-21-22-23-24-25-26-27-28-29-30-32-34-36-38-40-42-44-52(65)61-48(49(64)43-41-39-37-35-33-31-16-14-12-10-8-6-4-2)47-71-59-57(70)55(68)58(51(46-63)73-59)74-60-56(69)54(67)53(66)50(45-62)72-60/h15,17,19-20,48-51,53-60,62-64,66-70H,3-14,16,18,21-47H2,1-2H3,(H,61,65)/b17-15-,20-19-. The number of amides is 1. The molecule has 12 unspecified atom stereocenters. The number of allylic oxidation sites excluding steroid dienone is 4. The fraction of sp³-hybridized carbons (Fsp3) is 0.917. The normalized spacial score (nSPS) is 25.3. The lowest BCUT2D eigenvalue weighted by Crippen LogP contribution is -2.65. The van der Waals surface area contributed by atoms with Gasteiger partial charge in [-0.25, -0.2) is 0 Å². The topological polar surface area (TPSA) is 228 Å².